The van der Waals surface area contributed by atoms with E-state index < -0.39 is 6.71 Å². The number of aromatic nitrogens is 2. The molecule has 2 aromatic heterocycles. The van der Waals surface area contributed by atoms with Crippen molar-refractivity contribution >= 4 is 101 Å². The summed E-state index contributed by atoms with van der Waals surface area (Å²) in [7, 11) is 0. The van der Waals surface area contributed by atoms with Crippen LogP contribution in [0.4, 0.5) is 34.1 Å². The predicted molar refractivity (Wildman–Crippen MR) is 511 cm³/mol. The van der Waals surface area contributed by atoms with Gasteiger partial charge < -0.3 is 18.9 Å². The molecule has 0 unspecified atom stereocenters. The molecule has 0 bridgehead atoms. The lowest BCUT2D eigenvalue weighted by molar-refractivity contribution is 0.590. The maximum Gasteiger partial charge on any atom is 0.252 e. The van der Waals surface area contributed by atoms with Gasteiger partial charge >= 0.3 is 0 Å². The van der Waals surface area contributed by atoms with Crippen LogP contribution in [0.5, 0.6) is 0 Å². The van der Waals surface area contributed by atoms with Crippen LogP contribution in [0.15, 0.2) is 346 Å². The number of benzene rings is 16. The Morgan fingerprint density at radius 3 is 0.860 bits per heavy atom. The van der Waals surface area contributed by atoms with Crippen molar-refractivity contribution in [3.63, 3.8) is 0 Å². The number of nitriles is 2. The highest BCUT2D eigenvalue weighted by atomic mass is 15.2. The van der Waals surface area contributed by atoms with Crippen molar-refractivity contribution in [1.29, 1.82) is 10.5 Å². The molecule has 2 aliphatic rings. The summed E-state index contributed by atoms with van der Waals surface area (Å²) < 4.78 is 4.96. The van der Waals surface area contributed by atoms with E-state index in [-0.39, 0.29) is 21.7 Å². The van der Waals surface area contributed by atoms with Crippen LogP contribution in [0.2, 0.25) is 0 Å². The number of para-hydroxylation sites is 4. The van der Waals surface area contributed by atoms with Crippen LogP contribution in [0, 0.1) is 22.7 Å². The first kappa shape index (κ1) is 75.5. The maximum atomic E-state index is 11.3. The van der Waals surface area contributed by atoms with Crippen molar-refractivity contribution in [2.45, 2.75) is 105 Å². The SMILES string of the molecule is CC(C)(C)c1cccc(-c2cc(-c3ccccc3C#N)cc(-c3cccc(C(C)(C)C)c3)c2N2c3cc(-n4c5ccccc5c5ccccc54)ccc3B3c4ccc(-n5c6ccccc6c6ccccc65)cc4N(c4c(-c5cccc(C(C)(C)C)c5)cc(-c5ccccc5C#N)cc4-c4cccc(C(C)(C)C)c4)c4cc(-c5ccccc5)cc2c43)c1. The zero-order valence-corrected chi connectivity index (χ0v) is 70.7. The summed E-state index contributed by atoms with van der Waals surface area (Å²) in [5.41, 5.74) is 35.1. The number of fused-ring (bicyclic) bond motifs is 10. The van der Waals surface area contributed by atoms with Crippen molar-refractivity contribution in [3.8, 4) is 101 Å². The molecule has 18 aromatic rings. The Balaban J connectivity index is 1.01. The molecule has 582 valence electrons. The lowest BCUT2D eigenvalue weighted by atomic mass is 9.33. The third-order valence-corrected chi connectivity index (χ3v) is 25.4. The zero-order valence-electron chi connectivity index (χ0n) is 70.7. The highest BCUT2D eigenvalue weighted by molar-refractivity contribution is 7.00. The van der Waals surface area contributed by atoms with E-state index >= 15 is 0 Å². The summed E-state index contributed by atoms with van der Waals surface area (Å²) in [6.07, 6.45) is 0. The molecule has 4 heterocycles. The number of rotatable bonds is 11. The topological polar surface area (TPSA) is 63.9 Å². The van der Waals surface area contributed by atoms with Crippen molar-refractivity contribution in [3.05, 3.63) is 379 Å². The molecule has 0 atom stereocenters. The Morgan fingerprint density at radius 2 is 0.537 bits per heavy atom. The molecule has 0 aliphatic carbocycles. The standard InChI is InChI=1S/C114H93BN6/c1-111(2,3)82-40-28-36-73(58-82)94-62-80(88-44-18-16-34-77(88)70-116)63-95(74-37-29-41-83(59-74)112(4,5)6)109(94)120-104-68-86(118-100-50-24-20-46-90(100)91-47-21-25-51-101(91)118)54-56-98(104)115-99-57-55-87(119-102-52-26-22-48-92(102)93-49-23-27-53-103(93)119)69-105(99)121(107-67-79(66-106(120)108(107)115)72-32-14-13-15-33-72)110-96(75-38-30-42-84(60-75)113(7,8)9)64-81(89-45-19-17-35-78(89)71-117)65-97(110)76-39-31-43-85(61-76)114(10,11)12/h13-69H,1-12H3. The number of anilines is 6. The van der Waals surface area contributed by atoms with Crippen molar-refractivity contribution in [1.82, 2.24) is 9.13 Å². The molecule has 16 aromatic carbocycles. The molecular weight excluding hydrogens is 1460 g/mol. The number of nitrogens with zero attached hydrogens (tertiary/aromatic N) is 6. The van der Waals surface area contributed by atoms with Gasteiger partial charge in [-0.05, 0) is 213 Å². The van der Waals surface area contributed by atoms with E-state index in [0.717, 1.165) is 162 Å². The fourth-order valence-electron chi connectivity index (χ4n) is 19.1. The first-order chi connectivity index (χ1) is 58.5. The molecule has 0 fully saturated rings. The second-order valence-electron chi connectivity index (χ2n) is 37.1. The molecule has 0 N–H and O–H groups in total. The Kier molecular flexibility index (Phi) is 18.0. The van der Waals surface area contributed by atoms with E-state index in [1.807, 2.05) is 24.3 Å². The maximum absolute atomic E-state index is 11.3. The molecule has 0 spiro atoms. The molecule has 0 saturated carbocycles. The van der Waals surface area contributed by atoms with Gasteiger partial charge in [-0.3, -0.25) is 0 Å². The molecule has 0 amide bonds. The molecule has 6 nitrogen and oxygen atoms in total. The second kappa shape index (κ2) is 28.8. The van der Waals surface area contributed by atoms with Crippen LogP contribution >= 0.6 is 0 Å². The van der Waals surface area contributed by atoms with Gasteiger partial charge in [-0.1, -0.05) is 332 Å². The third-order valence-electron chi connectivity index (χ3n) is 25.4. The van der Waals surface area contributed by atoms with Crippen molar-refractivity contribution < 1.29 is 0 Å². The van der Waals surface area contributed by atoms with Gasteiger partial charge in [0.05, 0.1) is 56.7 Å². The average Bonchev–Trinajstić information content (AvgIpc) is 0.723. The van der Waals surface area contributed by atoms with Gasteiger partial charge in [-0.25, -0.2) is 0 Å². The number of hydrogen-bond acceptors (Lipinski definition) is 4. The Morgan fingerprint density at radius 1 is 0.240 bits per heavy atom. The fourth-order valence-corrected chi connectivity index (χ4v) is 19.1. The van der Waals surface area contributed by atoms with Gasteiger partial charge in [0.15, 0.2) is 0 Å². The largest absolute Gasteiger partial charge is 0.310 e. The average molecular weight is 1560 g/mol. The van der Waals surface area contributed by atoms with Crippen LogP contribution in [0.3, 0.4) is 0 Å². The summed E-state index contributed by atoms with van der Waals surface area (Å²) in [4.78, 5) is 5.37. The predicted octanol–water partition coefficient (Wildman–Crippen LogP) is 28.6. The van der Waals surface area contributed by atoms with Gasteiger partial charge in [0.1, 0.15) is 0 Å². The van der Waals surface area contributed by atoms with E-state index in [1.54, 1.807) is 0 Å². The van der Waals surface area contributed by atoms with E-state index in [0.29, 0.717) is 11.1 Å². The highest BCUT2D eigenvalue weighted by Crippen LogP contribution is 2.57. The minimum atomic E-state index is -0.393. The molecule has 0 radical (unpaired) electrons. The molecular formula is C114H93BN6. The van der Waals surface area contributed by atoms with Crippen molar-refractivity contribution in [2.75, 3.05) is 9.80 Å². The van der Waals surface area contributed by atoms with Crippen LogP contribution in [-0.4, -0.2) is 15.8 Å². The first-order valence-electron chi connectivity index (χ1n) is 42.3. The summed E-state index contributed by atoms with van der Waals surface area (Å²) in [5, 5.41) is 27.3. The van der Waals surface area contributed by atoms with Crippen LogP contribution < -0.4 is 26.2 Å². The Labute approximate surface area is 710 Å². The fraction of sp³-hybridized carbons (Fsp3) is 0.140. The highest BCUT2D eigenvalue weighted by Gasteiger charge is 2.47. The van der Waals surface area contributed by atoms with Crippen LogP contribution in [-0.2, 0) is 21.7 Å². The van der Waals surface area contributed by atoms with Gasteiger partial charge in [-0.2, -0.15) is 10.5 Å². The molecule has 0 saturated heterocycles. The molecule has 121 heavy (non-hydrogen) atoms. The summed E-state index contributed by atoms with van der Waals surface area (Å²) in [5.74, 6) is 0. The second-order valence-corrected chi connectivity index (χ2v) is 37.1. The van der Waals surface area contributed by atoms with E-state index in [9.17, 15) is 10.5 Å². The first-order valence-corrected chi connectivity index (χ1v) is 42.3. The summed E-state index contributed by atoms with van der Waals surface area (Å²) in [6, 6.07) is 134. The van der Waals surface area contributed by atoms with Gasteiger partial charge in [0.2, 0.25) is 0 Å². The lowest BCUT2D eigenvalue weighted by Gasteiger charge is -2.46. The van der Waals surface area contributed by atoms with E-state index in [1.165, 1.54) is 43.8 Å². The Bertz CT molecular complexity index is 6690. The third kappa shape index (κ3) is 12.8. The van der Waals surface area contributed by atoms with Crippen molar-refractivity contribution in [2.24, 2.45) is 0 Å². The smallest absolute Gasteiger partial charge is 0.252 e. The minimum Gasteiger partial charge on any atom is -0.310 e. The monoisotopic (exact) mass is 1560 g/mol. The van der Waals surface area contributed by atoms with Gasteiger partial charge in [0.25, 0.3) is 6.71 Å². The minimum absolute atomic E-state index is 0.230. The number of hydrogen-bond donors (Lipinski definition) is 0. The summed E-state index contributed by atoms with van der Waals surface area (Å²) in [6.45, 7) is 27.3. The summed E-state index contributed by atoms with van der Waals surface area (Å²) >= 11 is 0. The van der Waals surface area contributed by atoms with E-state index in [4.69, 9.17) is 0 Å². The van der Waals surface area contributed by atoms with E-state index in [2.05, 4.69) is 436 Å². The van der Waals surface area contributed by atoms with Gasteiger partial charge in [0, 0.05) is 77.9 Å². The lowest BCUT2D eigenvalue weighted by Crippen LogP contribution is -2.61. The van der Waals surface area contributed by atoms with Gasteiger partial charge in [-0.15, -0.1) is 0 Å². The van der Waals surface area contributed by atoms with Crippen LogP contribution in [0.25, 0.3) is 133 Å². The Hall–Kier alpha value is -14.2. The normalized spacial score (nSPS) is 12.7. The van der Waals surface area contributed by atoms with Crippen LogP contribution in [0.1, 0.15) is 116 Å². The molecule has 20 rings (SSSR count). The quantitative estimate of drug-likeness (QED) is 0.121. The zero-order chi connectivity index (χ0) is 83.1. The molecule has 7 heteroatoms. The molecule has 2 aliphatic heterocycles.